The Kier molecular flexibility index (Phi) is 3.45. The Labute approximate surface area is 82.1 Å². The van der Waals surface area contributed by atoms with Crippen molar-refractivity contribution in [3.05, 3.63) is 18.2 Å². The van der Waals surface area contributed by atoms with Crippen molar-refractivity contribution in [3.63, 3.8) is 0 Å². The van der Waals surface area contributed by atoms with E-state index in [-0.39, 0.29) is 11.9 Å². The first-order chi connectivity index (χ1) is 6.13. The lowest BCUT2D eigenvalue weighted by Gasteiger charge is -2.08. The summed E-state index contributed by atoms with van der Waals surface area (Å²) in [6.45, 7) is 2.12. The minimum atomic E-state index is 0.162. The van der Waals surface area contributed by atoms with E-state index in [0.717, 1.165) is 4.90 Å². The number of hydrogen-bond donors (Lipinski definition) is 3. The van der Waals surface area contributed by atoms with Crippen LogP contribution in [0.4, 0.5) is 11.4 Å². The molecule has 0 spiro atoms. The van der Waals surface area contributed by atoms with Gasteiger partial charge < -0.3 is 16.6 Å². The highest BCUT2D eigenvalue weighted by Crippen LogP contribution is 2.27. The second-order valence-corrected chi connectivity index (χ2v) is 4.41. The normalized spacial score (nSPS) is 12.8. The molecule has 0 aliphatic carbocycles. The third-order valence-corrected chi connectivity index (χ3v) is 2.73. The second-order valence-electron chi connectivity index (χ2n) is 2.90. The summed E-state index contributed by atoms with van der Waals surface area (Å²) >= 11 is 1.58. The molecule has 3 nitrogen and oxygen atoms in total. The summed E-state index contributed by atoms with van der Waals surface area (Å²) in [5.41, 5.74) is 12.4. The lowest BCUT2D eigenvalue weighted by molar-refractivity contribution is 0.300. The zero-order valence-corrected chi connectivity index (χ0v) is 8.34. The first-order valence-corrected chi connectivity index (χ1v) is 4.94. The molecule has 72 valence electrons. The topological polar surface area (TPSA) is 72.3 Å². The maximum absolute atomic E-state index is 8.84. The number of aliphatic hydroxyl groups is 1. The molecule has 0 fully saturated rings. The number of nitrogens with two attached hydrogens (primary N) is 2. The molecule has 13 heavy (non-hydrogen) atoms. The maximum atomic E-state index is 8.84. The van der Waals surface area contributed by atoms with E-state index >= 15 is 0 Å². The summed E-state index contributed by atoms with van der Waals surface area (Å²) in [5.74, 6) is 0. The fourth-order valence-corrected chi connectivity index (χ4v) is 1.78. The molecular weight excluding hydrogens is 184 g/mol. The van der Waals surface area contributed by atoms with Gasteiger partial charge in [0.2, 0.25) is 0 Å². The number of benzene rings is 1. The van der Waals surface area contributed by atoms with Crippen molar-refractivity contribution in [1.82, 2.24) is 0 Å². The van der Waals surface area contributed by atoms with Crippen LogP contribution < -0.4 is 11.5 Å². The Hall–Kier alpha value is -0.870. The van der Waals surface area contributed by atoms with Crippen molar-refractivity contribution in [1.29, 1.82) is 0 Å². The molecule has 0 aromatic heterocycles. The number of rotatable bonds is 3. The first-order valence-electron chi connectivity index (χ1n) is 4.06. The van der Waals surface area contributed by atoms with Gasteiger partial charge in [0.25, 0.3) is 0 Å². The van der Waals surface area contributed by atoms with Crippen molar-refractivity contribution in [2.45, 2.75) is 17.1 Å². The molecule has 0 saturated carbocycles. The van der Waals surface area contributed by atoms with Crippen molar-refractivity contribution in [2.24, 2.45) is 0 Å². The summed E-state index contributed by atoms with van der Waals surface area (Å²) < 4.78 is 0. The van der Waals surface area contributed by atoms with Gasteiger partial charge in [0, 0.05) is 10.1 Å². The monoisotopic (exact) mass is 198 g/mol. The van der Waals surface area contributed by atoms with Crippen LogP contribution in [0.1, 0.15) is 6.92 Å². The molecule has 0 aliphatic heterocycles. The highest BCUT2D eigenvalue weighted by atomic mass is 32.2. The van der Waals surface area contributed by atoms with Crippen molar-refractivity contribution in [3.8, 4) is 0 Å². The summed E-state index contributed by atoms with van der Waals surface area (Å²) in [5, 5.41) is 9.03. The van der Waals surface area contributed by atoms with E-state index in [1.54, 1.807) is 17.8 Å². The van der Waals surface area contributed by atoms with Gasteiger partial charge in [0.05, 0.1) is 18.0 Å². The average molecular weight is 198 g/mol. The second kappa shape index (κ2) is 4.39. The maximum Gasteiger partial charge on any atom is 0.0559 e. The van der Waals surface area contributed by atoms with Crippen LogP contribution in [0.25, 0.3) is 0 Å². The van der Waals surface area contributed by atoms with E-state index in [1.807, 2.05) is 19.1 Å². The Morgan fingerprint density at radius 2 is 2.08 bits per heavy atom. The van der Waals surface area contributed by atoms with Gasteiger partial charge in [-0.05, 0) is 18.2 Å². The van der Waals surface area contributed by atoms with Crippen LogP contribution in [-0.4, -0.2) is 17.0 Å². The van der Waals surface area contributed by atoms with Gasteiger partial charge in [-0.25, -0.2) is 0 Å². The molecule has 0 aliphatic rings. The lowest BCUT2D eigenvalue weighted by atomic mass is 10.3. The summed E-state index contributed by atoms with van der Waals surface area (Å²) in [4.78, 5) is 1.04. The van der Waals surface area contributed by atoms with E-state index in [9.17, 15) is 0 Å². The lowest BCUT2D eigenvalue weighted by Crippen LogP contribution is -2.02. The zero-order chi connectivity index (χ0) is 9.84. The molecule has 5 N–H and O–H groups in total. The molecule has 0 bridgehead atoms. The molecule has 0 amide bonds. The fraction of sp³-hybridized carbons (Fsp3) is 0.333. The Morgan fingerprint density at radius 3 is 2.62 bits per heavy atom. The molecular formula is C9H14N2OS. The van der Waals surface area contributed by atoms with E-state index in [0.29, 0.717) is 11.4 Å². The van der Waals surface area contributed by atoms with E-state index in [1.165, 1.54) is 0 Å². The van der Waals surface area contributed by atoms with Crippen LogP contribution in [0.2, 0.25) is 0 Å². The minimum absolute atomic E-state index is 0.162. The van der Waals surface area contributed by atoms with Gasteiger partial charge in [-0.2, -0.15) is 0 Å². The molecule has 1 aromatic rings. The Morgan fingerprint density at radius 1 is 1.38 bits per heavy atom. The Balaban J connectivity index is 2.73. The van der Waals surface area contributed by atoms with Crippen LogP contribution in [0.5, 0.6) is 0 Å². The van der Waals surface area contributed by atoms with Gasteiger partial charge in [0.1, 0.15) is 0 Å². The molecule has 1 unspecified atom stereocenters. The SMILES string of the molecule is CC(CO)Sc1ccc(N)c(N)c1. The van der Waals surface area contributed by atoms with Gasteiger partial charge in [0.15, 0.2) is 0 Å². The van der Waals surface area contributed by atoms with Gasteiger partial charge in [-0.3, -0.25) is 0 Å². The molecule has 4 heteroatoms. The average Bonchev–Trinajstić information content (AvgIpc) is 2.11. The van der Waals surface area contributed by atoms with Gasteiger partial charge in [-0.15, -0.1) is 11.8 Å². The fourth-order valence-electron chi connectivity index (χ4n) is 0.896. The van der Waals surface area contributed by atoms with Crippen LogP contribution in [0, 0.1) is 0 Å². The summed E-state index contributed by atoms with van der Waals surface area (Å²) in [6, 6.07) is 5.51. The van der Waals surface area contributed by atoms with E-state index in [2.05, 4.69) is 0 Å². The third kappa shape index (κ3) is 2.82. The number of thioether (sulfide) groups is 1. The van der Waals surface area contributed by atoms with Crippen LogP contribution in [0.15, 0.2) is 23.1 Å². The molecule has 0 heterocycles. The highest BCUT2D eigenvalue weighted by Gasteiger charge is 2.03. The summed E-state index contributed by atoms with van der Waals surface area (Å²) in [7, 11) is 0. The molecule has 0 saturated heterocycles. The number of aliphatic hydroxyl groups excluding tert-OH is 1. The molecule has 1 aromatic carbocycles. The van der Waals surface area contributed by atoms with Crippen LogP contribution in [0.3, 0.4) is 0 Å². The third-order valence-electron chi connectivity index (χ3n) is 1.65. The molecule has 1 atom stereocenters. The molecule has 0 radical (unpaired) electrons. The number of anilines is 2. The minimum Gasteiger partial charge on any atom is -0.397 e. The zero-order valence-electron chi connectivity index (χ0n) is 7.53. The quantitative estimate of drug-likeness (QED) is 0.506. The van der Waals surface area contributed by atoms with Crippen molar-refractivity contribution in [2.75, 3.05) is 18.1 Å². The predicted molar refractivity (Wildman–Crippen MR) is 57.7 cm³/mol. The Bertz CT molecular complexity index is 291. The van der Waals surface area contributed by atoms with E-state index < -0.39 is 0 Å². The highest BCUT2D eigenvalue weighted by molar-refractivity contribution is 8.00. The number of nitrogen functional groups attached to an aromatic ring is 2. The molecule has 1 rings (SSSR count). The van der Waals surface area contributed by atoms with Gasteiger partial charge in [-0.1, -0.05) is 6.92 Å². The smallest absolute Gasteiger partial charge is 0.0559 e. The predicted octanol–water partition coefficient (Wildman–Crippen LogP) is 1.32. The number of hydrogen-bond acceptors (Lipinski definition) is 4. The largest absolute Gasteiger partial charge is 0.397 e. The van der Waals surface area contributed by atoms with Crippen molar-refractivity contribution >= 4 is 23.1 Å². The van der Waals surface area contributed by atoms with E-state index in [4.69, 9.17) is 16.6 Å². The standard InChI is InChI=1S/C9H14N2OS/c1-6(5-12)13-7-2-3-8(10)9(11)4-7/h2-4,6,12H,5,10-11H2,1H3. The van der Waals surface area contributed by atoms with Crippen LogP contribution >= 0.6 is 11.8 Å². The first kappa shape index (κ1) is 10.2. The van der Waals surface area contributed by atoms with Crippen LogP contribution in [-0.2, 0) is 0 Å². The van der Waals surface area contributed by atoms with Gasteiger partial charge >= 0.3 is 0 Å². The summed E-state index contributed by atoms with van der Waals surface area (Å²) in [6.07, 6.45) is 0. The van der Waals surface area contributed by atoms with Crippen molar-refractivity contribution < 1.29 is 5.11 Å².